The van der Waals surface area contributed by atoms with Gasteiger partial charge in [0.2, 0.25) is 5.91 Å². The Kier molecular flexibility index (Phi) is 5.08. The van der Waals surface area contributed by atoms with Crippen molar-refractivity contribution in [1.29, 1.82) is 0 Å². The summed E-state index contributed by atoms with van der Waals surface area (Å²) in [5.74, 6) is 0.441. The van der Waals surface area contributed by atoms with Gasteiger partial charge in [0.25, 0.3) is 0 Å². The molecule has 0 spiro atoms. The van der Waals surface area contributed by atoms with Gasteiger partial charge < -0.3 is 15.1 Å². The molecule has 0 saturated carbocycles. The Balaban J connectivity index is 1.51. The molecule has 0 aliphatic carbocycles. The van der Waals surface area contributed by atoms with Crippen LogP contribution in [0, 0.1) is 0 Å². The van der Waals surface area contributed by atoms with E-state index < -0.39 is 0 Å². The molecule has 0 atom stereocenters. The number of aromatic nitrogens is 2. The van der Waals surface area contributed by atoms with Crippen LogP contribution >= 0.6 is 11.6 Å². The number of hydrogen-bond donors (Lipinski definition) is 2. The van der Waals surface area contributed by atoms with E-state index in [1.165, 1.54) is 6.33 Å². The molecule has 2 N–H and O–H groups in total. The number of furan rings is 1. The van der Waals surface area contributed by atoms with E-state index >= 15 is 0 Å². The maximum Gasteiger partial charge on any atom is 0.239 e. The second kappa shape index (κ2) is 7.61. The topological polar surface area (TPSA) is 80.1 Å². The first kappa shape index (κ1) is 16.0. The molecule has 0 bridgehead atoms. The minimum atomic E-state index is -0.131. The summed E-state index contributed by atoms with van der Waals surface area (Å²) >= 11 is 5.83. The molecule has 2 aromatic heterocycles. The maximum absolute atomic E-state index is 11.9. The molecule has 0 fully saturated rings. The van der Waals surface area contributed by atoms with Crippen LogP contribution in [0.3, 0.4) is 0 Å². The highest BCUT2D eigenvalue weighted by atomic mass is 35.5. The van der Waals surface area contributed by atoms with Crippen LogP contribution in [0.5, 0.6) is 0 Å². The number of carbonyl (C=O) groups is 1. The van der Waals surface area contributed by atoms with Crippen molar-refractivity contribution in [1.82, 2.24) is 15.3 Å². The molecule has 0 saturated heterocycles. The van der Waals surface area contributed by atoms with Gasteiger partial charge in [-0.15, -0.1) is 0 Å². The number of nitrogens with one attached hydrogen (secondary N) is 2. The highest BCUT2D eigenvalue weighted by Gasteiger charge is 2.05. The van der Waals surface area contributed by atoms with Crippen molar-refractivity contribution in [2.75, 3.05) is 11.9 Å². The van der Waals surface area contributed by atoms with Crippen LogP contribution < -0.4 is 10.6 Å². The van der Waals surface area contributed by atoms with E-state index in [4.69, 9.17) is 16.0 Å². The first-order chi connectivity index (χ1) is 11.7. The third kappa shape index (κ3) is 4.33. The van der Waals surface area contributed by atoms with Crippen molar-refractivity contribution < 1.29 is 9.21 Å². The van der Waals surface area contributed by atoms with Gasteiger partial charge >= 0.3 is 0 Å². The summed E-state index contributed by atoms with van der Waals surface area (Å²) in [5.41, 5.74) is 2.56. The van der Waals surface area contributed by atoms with Crippen molar-refractivity contribution in [2.24, 2.45) is 0 Å². The van der Waals surface area contributed by atoms with E-state index in [0.29, 0.717) is 17.4 Å². The van der Waals surface area contributed by atoms with Gasteiger partial charge in [0.05, 0.1) is 24.8 Å². The standard InChI is InChI=1S/C17H15ClN4O2/c18-14-3-1-12(2-4-14)8-20-17(23)9-19-16-7-15(21-11-22-16)13-5-6-24-10-13/h1-7,10-11H,8-9H2,(H,20,23)(H,19,21,22). The first-order valence-electron chi connectivity index (χ1n) is 7.30. The fourth-order valence-corrected chi connectivity index (χ4v) is 2.18. The molecule has 24 heavy (non-hydrogen) atoms. The lowest BCUT2D eigenvalue weighted by Gasteiger charge is -2.08. The van der Waals surface area contributed by atoms with Crippen LogP contribution in [0.4, 0.5) is 5.82 Å². The lowest BCUT2D eigenvalue weighted by molar-refractivity contribution is -0.119. The van der Waals surface area contributed by atoms with Crippen molar-refractivity contribution in [3.05, 3.63) is 65.8 Å². The lowest BCUT2D eigenvalue weighted by atomic mass is 10.2. The largest absolute Gasteiger partial charge is 0.472 e. The molecular weight excluding hydrogens is 328 g/mol. The summed E-state index contributed by atoms with van der Waals surface area (Å²) in [6, 6.07) is 10.9. The zero-order valence-corrected chi connectivity index (χ0v) is 13.5. The maximum atomic E-state index is 11.9. The third-order valence-electron chi connectivity index (χ3n) is 3.32. The van der Waals surface area contributed by atoms with E-state index in [-0.39, 0.29) is 12.5 Å². The SMILES string of the molecule is O=C(CNc1cc(-c2ccoc2)ncn1)NCc1ccc(Cl)cc1. The predicted molar refractivity (Wildman–Crippen MR) is 91.5 cm³/mol. The lowest BCUT2D eigenvalue weighted by Crippen LogP contribution is -2.29. The van der Waals surface area contributed by atoms with Crippen molar-refractivity contribution in [3.8, 4) is 11.3 Å². The van der Waals surface area contributed by atoms with Gasteiger partial charge in [-0.2, -0.15) is 0 Å². The number of amides is 1. The average molecular weight is 343 g/mol. The third-order valence-corrected chi connectivity index (χ3v) is 3.57. The molecule has 1 aromatic carbocycles. The number of carbonyl (C=O) groups excluding carboxylic acids is 1. The van der Waals surface area contributed by atoms with E-state index in [1.54, 1.807) is 30.7 Å². The van der Waals surface area contributed by atoms with Crippen LogP contribution in [0.2, 0.25) is 5.02 Å². The monoisotopic (exact) mass is 342 g/mol. The van der Waals surface area contributed by atoms with Gasteiger partial charge in [0.15, 0.2) is 0 Å². The molecule has 0 unspecified atom stereocenters. The van der Waals surface area contributed by atoms with Crippen LogP contribution in [0.1, 0.15) is 5.56 Å². The molecule has 2 heterocycles. The molecule has 1 amide bonds. The summed E-state index contributed by atoms with van der Waals surface area (Å²) in [6.07, 6.45) is 4.62. The molecule has 122 valence electrons. The minimum absolute atomic E-state index is 0.120. The second-order valence-electron chi connectivity index (χ2n) is 5.06. The van der Waals surface area contributed by atoms with Crippen molar-refractivity contribution in [2.45, 2.75) is 6.54 Å². The molecule has 0 aliphatic heterocycles. The van der Waals surface area contributed by atoms with Crippen molar-refractivity contribution in [3.63, 3.8) is 0 Å². The Morgan fingerprint density at radius 1 is 1.17 bits per heavy atom. The van der Waals surface area contributed by atoms with Gasteiger partial charge in [-0.05, 0) is 23.8 Å². The van der Waals surface area contributed by atoms with Gasteiger partial charge in [-0.3, -0.25) is 4.79 Å². The molecule has 3 aromatic rings. The zero-order valence-electron chi connectivity index (χ0n) is 12.7. The Morgan fingerprint density at radius 3 is 2.75 bits per heavy atom. The number of hydrogen-bond acceptors (Lipinski definition) is 5. The van der Waals surface area contributed by atoms with E-state index in [2.05, 4.69) is 20.6 Å². The first-order valence-corrected chi connectivity index (χ1v) is 7.68. The van der Waals surface area contributed by atoms with Gasteiger partial charge in [-0.25, -0.2) is 9.97 Å². The summed E-state index contributed by atoms with van der Waals surface area (Å²) in [5, 5.41) is 6.48. The van der Waals surface area contributed by atoms with E-state index in [1.807, 2.05) is 18.2 Å². The average Bonchev–Trinajstić information content (AvgIpc) is 3.14. The molecule has 3 rings (SSSR count). The Hall–Kier alpha value is -2.86. The predicted octanol–water partition coefficient (Wildman–Crippen LogP) is 3.12. The Morgan fingerprint density at radius 2 is 2.00 bits per heavy atom. The van der Waals surface area contributed by atoms with E-state index in [0.717, 1.165) is 16.8 Å². The highest BCUT2D eigenvalue weighted by Crippen LogP contribution is 2.18. The highest BCUT2D eigenvalue weighted by molar-refractivity contribution is 6.30. The minimum Gasteiger partial charge on any atom is -0.472 e. The van der Waals surface area contributed by atoms with Gasteiger partial charge in [0.1, 0.15) is 12.1 Å². The van der Waals surface area contributed by atoms with Crippen LogP contribution in [0.25, 0.3) is 11.3 Å². The summed E-state index contributed by atoms with van der Waals surface area (Å²) in [7, 11) is 0. The van der Waals surface area contributed by atoms with Crippen molar-refractivity contribution >= 4 is 23.3 Å². The summed E-state index contributed by atoms with van der Waals surface area (Å²) in [6.45, 7) is 0.567. The van der Waals surface area contributed by atoms with Crippen LogP contribution in [0.15, 0.2) is 59.7 Å². The fourth-order valence-electron chi connectivity index (χ4n) is 2.06. The molecule has 0 aliphatic rings. The summed E-state index contributed by atoms with van der Waals surface area (Å²) in [4.78, 5) is 20.2. The number of benzene rings is 1. The van der Waals surface area contributed by atoms with Gasteiger partial charge in [-0.1, -0.05) is 23.7 Å². The second-order valence-corrected chi connectivity index (χ2v) is 5.49. The number of nitrogens with zero attached hydrogens (tertiary/aromatic N) is 2. The zero-order chi connectivity index (χ0) is 16.8. The quantitative estimate of drug-likeness (QED) is 0.719. The normalized spacial score (nSPS) is 10.4. The van der Waals surface area contributed by atoms with Crippen LogP contribution in [-0.4, -0.2) is 22.4 Å². The molecule has 6 nitrogen and oxygen atoms in total. The summed E-state index contributed by atoms with van der Waals surface area (Å²) < 4.78 is 5.04. The smallest absolute Gasteiger partial charge is 0.239 e. The number of halogens is 1. The molecular formula is C17H15ClN4O2. The van der Waals surface area contributed by atoms with E-state index in [9.17, 15) is 4.79 Å². The fraction of sp³-hybridized carbons (Fsp3) is 0.118. The number of rotatable bonds is 6. The Labute approximate surface area is 143 Å². The number of anilines is 1. The molecule has 0 radical (unpaired) electrons. The van der Waals surface area contributed by atoms with Crippen LogP contribution in [-0.2, 0) is 11.3 Å². The molecule has 7 heteroatoms. The Bertz CT molecular complexity index is 804. The van der Waals surface area contributed by atoms with Gasteiger partial charge in [0, 0.05) is 23.2 Å².